The van der Waals surface area contributed by atoms with Crippen LogP contribution in [0.25, 0.3) is 11.6 Å². The van der Waals surface area contributed by atoms with Crippen LogP contribution in [0.5, 0.6) is 0 Å². The van der Waals surface area contributed by atoms with E-state index in [1.165, 1.54) is 12.8 Å². The van der Waals surface area contributed by atoms with Crippen LogP contribution in [0.15, 0.2) is 23.4 Å². The van der Waals surface area contributed by atoms with Crippen LogP contribution in [-0.4, -0.2) is 25.6 Å². The van der Waals surface area contributed by atoms with E-state index in [4.69, 9.17) is 0 Å². The summed E-state index contributed by atoms with van der Waals surface area (Å²) in [5.74, 6) is 1.16. The van der Waals surface area contributed by atoms with E-state index in [9.17, 15) is 4.79 Å². The third-order valence-corrected chi connectivity index (χ3v) is 3.06. The molecule has 2 N–H and O–H groups in total. The van der Waals surface area contributed by atoms with Crippen LogP contribution < -0.4 is 10.9 Å². The lowest BCUT2D eigenvalue weighted by Crippen LogP contribution is -2.23. The summed E-state index contributed by atoms with van der Waals surface area (Å²) in [6.07, 6.45) is 7.53. The summed E-state index contributed by atoms with van der Waals surface area (Å²) in [5, 5.41) is 3.30. The van der Waals surface area contributed by atoms with Gasteiger partial charge in [-0.15, -0.1) is 0 Å². The summed E-state index contributed by atoms with van der Waals surface area (Å²) < 4.78 is 1.82. The van der Waals surface area contributed by atoms with Gasteiger partial charge in [0.25, 0.3) is 5.56 Å². The zero-order valence-corrected chi connectivity index (χ0v) is 10.2. The Labute approximate surface area is 104 Å². The van der Waals surface area contributed by atoms with E-state index in [1.807, 2.05) is 17.8 Å². The highest BCUT2D eigenvalue weighted by Gasteiger charge is 2.20. The Kier molecular flexibility index (Phi) is 2.71. The van der Waals surface area contributed by atoms with Gasteiger partial charge in [0.2, 0.25) is 0 Å². The van der Waals surface area contributed by atoms with Gasteiger partial charge in [-0.25, -0.2) is 9.97 Å². The van der Waals surface area contributed by atoms with Gasteiger partial charge in [-0.2, -0.15) is 0 Å². The van der Waals surface area contributed by atoms with E-state index in [0.717, 1.165) is 0 Å². The van der Waals surface area contributed by atoms with Gasteiger partial charge in [0.15, 0.2) is 11.6 Å². The molecule has 1 fully saturated rings. The Balaban J connectivity index is 1.84. The first-order valence-electron chi connectivity index (χ1n) is 6.03. The fourth-order valence-corrected chi connectivity index (χ4v) is 1.80. The third kappa shape index (κ3) is 2.19. The van der Waals surface area contributed by atoms with Crippen LogP contribution >= 0.6 is 0 Å². The standard InChI is InChI=1S/C12H15N5O/c1-17-5-4-13-11(17)10-15-7-8(12(18)16-10)6-14-9-2-3-9/h4-5,7,9,14H,2-3,6H2,1H3,(H,15,16,18). The van der Waals surface area contributed by atoms with E-state index >= 15 is 0 Å². The minimum absolute atomic E-state index is 0.101. The molecule has 0 amide bonds. The Morgan fingerprint density at radius 2 is 2.33 bits per heavy atom. The van der Waals surface area contributed by atoms with Crippen molar-refractivity contribution < 1.29 is 0 Å². The molecule has 18 heavy (non-hydrogen) atoms. The van der Waals surface area contributed by atoms with E-state index in [2.05, 4.69) is 20.3 Å². The van der Waals surface area contributed by atoms with Crippen LogP contribution in [0.4, 0.5) is 0 Å². The van der Waals surface area contributed by atoms with Gasteiger partial charge in [-0.1, -0.05) is 0 Å². The first-order valence-corrected chi connectivity index (χ1v) is 6.03. The molecule has 0 aliphatic heterocycles. The van der Waals surface area contributed by atoms with Crippen molar-refractivity contribution in [1.29, 1.82) is 0 Å². The molecule has 2 heterocycles. The molecule has 2 aromatic rings. The number of aryl methyl sites for hydroxylation is 1. The molecule has 1 aliphatic rings. The van der Waals surface area contributed by atoms with Crippen molar-refractivity contribution >= 4 is 0 Å². The molecule has 94 valence electrons. The summed E-state index contributed by atoms with van der Waals surface area (Å²) in [6.45, 7) is 0.577. The molecular weight excluding hydrogens is 230 g/mol. The summed E-state index contributed by atoms with van der Waals surface area (Å²) >= 11 is 0. The van der Waals surface area contributed by atoms with Crippen LogP contribution in [0, 0.1) is 0 Å². The summed E-state index contributed by atoms with van der Waals surface area (Å²) in [6, 6.07) is 0.582. The maximum atomic E-state index is 11.9. The summed E-state index contributed by atoms with van der Waals surface area (Å²) in [4.78, 5) is 23.1. The topological polar surface area (TPSA) is 75.6 Å². The van der Waals surface area contributed by atoms with Crippen LogP contribution in [0.1, 0.15) is 18.4 Å². The molecule has 3 rings (SSSR count). The molecule has 0 atom stereocenters. The Hall–Kier alpha value is -1.95. The third-order valence-electron chi connectivity index (χ3n) is 3.06. The maximum absolute atomic E-state index is 11.9. The summed E-state index contributed by atoms with van der Waals surface area (Å²) in [7, 11) is 1.87. The molecule has 0 saturated heterocycles. The minimum Gasteiger partial charge on any atom is -0.331 e. The second-order valence-corrected chi connectivity index (χ2v) is 4.60. The first-order chi connectivity index (χ1) is 8.74. The quantitative estimate of drug-likeness (QED) is 0.818. The molecule has 1 saturated carbocycles. The highest BCUT2D eigenvalue weighted by Crippen LogP contribution is 2.18. The zero-order chi connectivity index (χ0) is 12.5. The highest BCUT2D eigenvalue weighted by molar-refractivity contribution is 5.43. The normalized spacial score (nSPS) is 14.9. The molecule has 6 heteroatoms. The number of nitrogens with zero attached hydrogens (tertiary/aromatic N) is 3. The molecule has 2 aromatic heterocycles. The van der Waals surface area contributed by atoms with E-state index in [0.29, 0.717) is 29.8 Å². The number of hydrogen-bond acceptors (Lipinski definition) is 4. The number of nitrogens with one attached hydrogen (secondary N) is 2. The molecule has 0 bridgehead atoms. The van der Waals surface area contributed by atoms with Gasteiger partial charge in [0.1, 0.15) is 0 Å². The van der Waals surface area contributed by atoms with Gasteiger partial charge >= 0.3 is 0 Å². The van der Waals surface area contributed by atoms with Crippen molar-refractivity contribution in [2.24, 2.45) is 7.05 Å². The van der Waals surface area contributed by atoms with Crippen LogP contribution in [0.2, 0.25) is 0 Å². The lowest BCUT2D eigenvalue weighted by atomic mass is 10.3. The molecule has 0 unspecified atom stereocenters. The lowest BCUT2D eigenvalue weighted by Gasteiger charge is -2.04. The Morgan fingerprint density at radius 3 is 2.94 bits per heavy atom. The van der Waals surface area contributed by atoms with Gasteiger partial charge < -0.3 is 14.9 Å². The predicted molar refractivity (Wildman–Crippen MR) is 66.9 cm³/mol. The fraction of sp³-hybridized carbons (Fsp3) is 0.417. The fourth-order valence-electron chi connectivity index (χ4n) is 1.80. The Bertz CT molecular complexity index is 611. The van der Waals surface area contributed by atoms with E-state index < -0.39 is 0 Å². The van der Waals surface area contributed by atoms with Gasteiger partial charge in [0, 0.05) is 43.8 Å². The molecule has 0 radical (unpaired) electrons. The molecule has 6 nitrogen and oxygen atoms in total. The van der Waals surface area contributed by atoms with Crippen molar-refractivity contribution in [1.82, 2.24) is 24.8 Å². The minimum atomic E-state index is -0.101. The number of rotatable bonds is 4. The second kappa shape index (κ2) is 4.38. The van der Waals surface area contributed by atoms with Crippen molar-refractivity contribution in [3.8, 4) is 11.6 Å². The molecule has 1 aliphatic carbocycles. The molecular formula is C12H15N5O. The Morgan fingerprint density at radius 1 is 1.50 bits per heavy atom. The summed E-state index contributed by atoms with van der Waals surface area (Å²) in [5.41, 5.74) is 0.566. The SMILES string of the molecule is Cn1ccnc1-c1ncc(CNC2CC2)c(=O)[nH]1. The monoisotopic (exact) mass is 245 g/mol. The average molecular weight is 245 g/mol. The van der Waals surface area contributed by atoms with E-state index in [-0.39, 0.29) is 5.56 Å². The van der Waals surface area contributed by atoms with E-state index in [1.54, 1.807) is 12.4 Å². The smallest absolute Gasteiger partial charge is 0.255 e. The van der Waals surface area contributed by atoms with Crippen molar-refractivity contribution in [2.45, 2.75) is 25.4 Å². The molecule has 0 spiro atoms. The number of H-pyrrole nitrogens is 1. The largest absolute Gasteiger partial charge is 0.331 e. The average Bonchev–Trinajstić information content (AvgIpc) is 3.09. The predicted octanol–water partition coefficient (Wildman–Crippen LogP) is 0.422. The molecule has 0 aromatic carbocycles. The number of hydrogen-bond donors (Lipinski definition) is 2. The zero-order valence-electron chi connectivity index (χ0n) is 10.2. The highest BCUT2D eigenvalue weighted by atomic mass is 16.1. The van der Waals surface area contributed by atoms with Crippen molar-refractivity contribution in [3.05, 3.63) is 34.5 Å². The van der Waals surface area contributed by atoms with Crippen molar-refractivity contribution in [3.63, 3.8) is 0 Å². The lowest BCUT2D eigenvalue weighted by molar-refractivity contribution is 0.679. The van der Waals surface area contributed by atoms with Gasteiger partial charge in [-0.05, 0) is 12.8 Å². The van der Waals surface area contributed by atoms with Crippen LogP contribution in [-0.2, 0) is 13.6 Å². The number of imidazole rings is 1. The van der Waals surface area contributed by atoms with Gasteiger partial charge in [-0.3, -0.25) is 4.79 Å². The first kappa shape index (κ1) is 11.2. The van der Waals surface area contributed by atoms with Crippen LogP contribution in [0.3, 0.4) is 0 Å². The van der Waals surface area contributed by atoms with Crippen molar-refractivity contribution in [2.75, 3.05) is 0 Å². The maximum Gasteiger partial charge on any atom is 0.255 e. The number of aromatic amines is 1. The van der Waals surface area contributed by atoms with Gasteiger partial charge in [0.05, 0.1) is 0 Å². The number of aromatic nitrogens is 4. The second-order valence-electron chi connectivity index (χ2n) is 4.60.